The van der Waals surface area contributed by atoms with Crippen LogP contribution in [0.1, 0.15) is 18.9 Å². The van der Waals surface area contributed by atoms with Crippen molar-refractivity contribution in [1.29, 1.82) is 0 Å². The van der Waals surface area contributed by atoms with E-state index in [-0.39, 0.29) is 0 Å². The Bertz CT molecular complexity index is 423. The third-order valence-electron chi connectivity index (χ3n) is 3.45. The van der Waals surface area contributed by atoms with E-state index in [2.05, 4.69) is 41.2 Å². The standard InChI is InChI=1S/C14H20BrNO2/c1-9-6-11(15)7-13(17-3)14(9)16-12-4-5-18-8-10(12)2/h6-7,10,12,16H,4-5,8H2,1-3H3. The maximum absolute atomic E-state index is 5.48. The molecule has 1 N–H and O–H groups in total. The Hall–Kier alpha value is -0.740. The molecule has 1 aliphatic heterocycles. The molecule has 4 heteroatoms. The fourth-order valence-electron chi connectivity index (χ4n) is 2.34. The summed E-state index contributed by atoms with van der Waals surface area (Å²) in [6.07, 6.45) is 1.04. The van der Waals surface area contributed by atoms with Crippen molar-refractivity contribution in [3.63, 3.8) is 0 Å². The van der Waals surface area contributed by atoms with Crippen LogP contribution < -0.4 is 10.1 Å². The number of hydrogen-bond acceptors (Lipinski definition) is 3. The van der Waals surface area contributed by atoms with E-state index < -0.39 is 0 Å². The Labute approximate surface area is 117 Å². The second-order valence-corrected chi connectivity index (χ2v) is 5.81. The van der Waals surface area contributed by atoms with Gasteiger partial charge in [0.15, 0.2) is 0 Å². The number of nitrogens with one attached hydrogen (secondary N) is 1. The van der Waals surface area contributed by atoms with Gasteiger partial charge < -0.3 is 14.8 Å². The van der Waals surface area contributed by atoms with Crippen LogP contribution in [0.15, 0.2) is 16.6 Å². The molecule has 0 saturated carbocycles. The summed E-state index contributed by atoms with van der Waals surface area (Å²) in [4.78, 5) is 0. The molecule has 2 rings (SSSR count). The molecule has 0 amide bonds. The van der Waals surface area contributed by atoms with Gasteiger partial charge in [-0.2, -0.15) is 0 Å². The first-order valence-corrected chi connectivity index (χ1v) is 7.09. The summed E-state index contributed by atoms with van der Waals surface area (Å²) < 4.78 is 12.0. The molecule has 1 aromatic rings. The molecular formula is C14H20BrNO2. The van der Waals surface area contributed by atoms with E-state index in [4.69, 9.17) is 9.47 Å². The highest BCUT2D eigenvalue weighted by Gasteiger charge is 2.23. The van der Waals surface area contributed by atoms with Gasteiger partial charge in [0.25, 0.3) is 0 Å². The first-order valence-electron chi connectivity index (χ1n) is 6.30. The van der Waals surface area contributed by atoms with Crippen LogP contribution in [0.5, 0.6) is 5.75 Å². The molecule has 0 bridgehead atoms. The second-order valence-electron chi connectivity index (χ2n) is 4.89. The zero-order valence-corrected chi connectivity index (χ0v) is 12.7. The summed E-state index contributed by atoms with van der Waals surface area (Å²) >= 11 is 3.50. The monoisotopic (exact) mass is 313 g/mol. The lowest BCUT2D eigenvalue weighted by Crippen LogP contribution is -2.36. The second kappa shape index (κ2) is 5.93. The largest absolute Gasteiger partial charge is 0.495 e. The van der Waals surface area contributed by atoms with Crippen molar-refractivity contribution in [3.05, 3.63) is 22.2 Å². The van der Waals surface area contributed by atoms with Crippen LogP contribution in [0.3, 0.4) is 0 Å². The molecule has 100 valence electrons. The number of anilines is 1. The van der Waals surface area contributed by atoms with Crippen molar-refractivity contribution >= 4 is 21.6 Å². The highest BCUT2D eigenvalue weighted by Crippen LogP contribution is 2.34. The summed E-state index contributed by atoms with van der Waals surface area (Å²) in [6.45, 7) is 5.98. The van der Waals surface area contributed by atoms with Crippen LogP contribution in [0, 0.1) is 12.8 Å². The molecule has 3 nitrogen and oxygen atoms in total. The summed E-state index contributed by atoms with van der Waals surface area (Å²) in [5, 5.41) is 3.62. The van der Waals surface area contributed by atoms with Gasteiger partial charge in [-0.1, -0.05) is 22.9 Å². The van der Waals surface area contributed by atoms with Crippen molar-refractivity contribution in [2.45, 2.75) is 26.3 Å². The van der Waals surface area contributed by atoms with Crippen LogP contribution >= 0.6 is 15.9 Å². The topological polar surface area (TPSA) is 30.5 Å². The van der Waals surface area contributed by atoms with Gasteiger partial charge in [0.05, 0.1) is 19.4 Å². The van der Waals surface area contributed by atoms with Gasteiger partial charge in [0.1, 0.15) is 5.75 Å². The molecule has 2 atom stereocenters. The summed E-state index contributed by atoms with van der Waals surface area (Å²) in [5.74, 6) is 1.41. The van der Waals surface area contributed by atoms with Crippen LogP contribution in [0.4, 0.5) is 5.69 Å². The maximum Gasteiger partial charge on any atom is 0.143 e. The fraction of sp³-hybridized carbons (Fsp3) is 0.571. The number of methoxy groups -OCH3 is 1. The minimum atomic E-state index is 0.451. The van der Waals surface area contributed by atoms with E-state index in [1.54, 1.807) is 7.11 Å². The van der Waals surface area contributed by atoms with Crippen LogP contribution in [0.25, 0.3) is 0 Å². The third kappa shape index (κ3) is 2.98. The fourth-order valence-corrected chi connectivity index (χ4v) is 2.89. The molecule has 0 spiro atoms. The molecule has 18 heavy (non-hydrogen) atoms. The number of benzene rings is 1. The van der Waals surface area contributed by atoms with E-state index >= 15 is 0 Å². The van der Waals surface area contributed by atoms with E-state index in [0.717, 1.165) is 35.5 Å². The number of hydrogen-bond donors (Lipinski definition) is 1. The van der Waals surface area contributed by atoms with Crippen LogP contribution in [-0.4, -0.2) is 26.4 Å². The lowest BCUT2D eigenvalue weighted by atomic mass is 9.97. The number of aryl methyl sites for hydroxylation is 1. The number of rotatable bonds is 3. The van der Waals surface area contributed by atoms with Gasteiger partial charge in [-0.05, 0) is 37.0 Å². The molecular weight excluding hydrogens is 294 g/mol. The Balaban J connectivity index is 2.22. The molecule has 0 radical (unpaired) electrons. The van der Waals surface area contributed by atoms with Crippen molar-refractivity contribution in [1.82, 2.24) is 0 Å². The summed E-state index contributed by atoms with van der Waals surface area (Å²) in [6, 6.07) is 4.56. The van der Waals surface area contributed by atoms with Gasteiger partial charge in [-0.3, -0.25) is 0 Å². The Morgan fingerprint density at radius 3 is 2.89 bits per heavy atom. The number of ether oxygens (including phenoxy) is 2. The normalized spacial score (nSPS) is 23.8. The van der Waals surface area contributed by atoms with E-state index in [1.165, 1.54) is 5.56 Å². The minimum Gasteiger partial charge on any atom is -0.495 e. The van der Waals surface area contributed by atoms with Crippen molar-refractivity contribution in [2.75, 3.05) is 25.6 Å². The summed E-state index contributed by atoms with van der Waals surface area (Å²) in [5.41, 5.74) is 2.29. The molecule has 0 aromatic heterocycles. The molecule has 1 saturated heterocycles. The zero-order valence-electron chi connectivity index (χ0n) is 11.1. The van der Waals surface area contributed by atoms with Crippen molar-refractivity contribution in [3.8, 4) is 5.75 Å². The van der Waals surface area contributed by atoms with Gasteiger partial charge >= 0.3 is 0 Å². The molecule has 1 heterocycles. The smallest absolute Gasteiger partial charge is 0.143 e. The first-order chi connectivity index (χ1) is 8.61. The molecule has 1 fully saturated rings. The highest BCUT2D eigenvalue weighted by molar-refractivity contribution is 9.10. The predicted octanol–water partition coefficient (Wildman–Crippen LogP) is 3.60. The van der Waals surface area contributed by atoms with Gasteiger partial charge in [0, 0.05) is 17.1 Å². The quantitative estimate of drug-likeness (QED) is 0.924. The van der Waals surface area contributed by atoms with Gasteiger partial charge in [-0.15, -0.1) is 0 Å². The van der Waals surface area contributed by atoms with Gasteiger partial charge in [-0.25, -0.2) is 0 Å². The Kier molecular flexibility index (Phi) is 4.51. The van der Waals surface area contributed by atoms with Gasteiger partial charge in [0.2, 0.25) is 0 Å². The maximum atomic E-state index is 5.48. The Morgan fingerprint density at radius 1 is 1.44 bits per heavy atom. The van der Waals surface area contributed by atoms with Crippen LogP contribution in [-0.2, 0) is 4.74 Å². The Morgan fingerprint density at radius 2 is 2.22 bits per heavy atom. The molecule has 2 unspecified atom stereocenters. The molecule has 1 aromatic carbocycles. The molecule has 1 aliphatic rings. The first kappa shape index (κ1) is 13.7. The lowest BCUT2D eigenvalue weighted by Gasteiger charge is -2.31. The SMILES string of the molecule is COc1cc(Br)cc(C)c1NC1CCOCC1C. The van der Waals surface area contributed by atoms with E-state index in [0.29, 0.717) is 12.0 Å². The van der Waals surface area contributed by atoms with Crippen molar-refractivity contribution in [2.24, 2.45) is 5.92 Å². The molecule has 0 aliphatic carbocycles. The summed E-state index contributed by atoms with van der Waals surface area (Å²) in [7, 11) is 1.71. The predicted molar refractivity (Wildman–Crippen MR) is 77.4 cm³/mol. The zero-order chi connectivity index (χ0) is 13.1. The van der Waals surface area contributed by atoms with Crippen LogP contribution in [0.2, 0.25) is 0 Å². The average molecular weight is 314 g/mol. The highest BCUT2D eigenvalue weighted by atomic mass is 79.9. The third-order valence-corrected chi connectivity index (χ3v) is 3.91. The van der Waals surface area contributed by atoms with Crippen molar-refractivity contribution < 1.29 is 9.47 Å². The minimum absolute atomic E-state index is 0.451. The average Bonchev–Trinajstić information content (AvgIpc) is 2.34. The van der Waals surface area contributed by atoms with E-state index in [9.17, 15) is 0 Å². The lowest BCUT2D eigenvalue weighted by molar-refractivity contribution is 0.0537. The number of halogens is 1. The van der Waals surface area contributed by atoms with E-state index in [1.807, 2.05) is 6.07 Å².